The first kappa shape index (κ1) is 15.8. The third kappa shape index (κ3) is 4.24. The standard InChI is InChI=1S/C18H25N3O2/c22-17(12-14-6-1-2-7-14)19-20-18(23)13-21-11-5-9-15-8-3-4-10-16(15)21/h3-4,8,10,14H,1-2,5-7,9,11-13H2,(H,19,22)(H,20,23). The zero-order valence-electron chi connectivity index (χ0n) is 13.5. The van der Waals surface area contributed by atoms with Crippen LogP contribution in [0.25, 0.3) is 0 Å². The van der Waals surface area contributed by atoms with Crippen molar-refractivity contribution in [1.82, 2.24) is 10.9 Å². The second kappa shape index (κ2) is 7.49. The first-order valence-electron chi connectivity index (χ1n) is 8.63. The van der Waals surface area contributed by atoms with Gasteiger partial charge in [-0.25, -0.2) is 0 Å². The number of para-hydroxylation sites is 1. The fraction of sp³-hybridized carbons (Fsp3) is 0.556. The van der Waals surface area contributed by atoms with Gasteiger partial charge in [0.2, 0.25) is 5.91 Å². The Bertz CT molecular complexity index is 567. The number of anilines is 1. The van der Waals surface area contributed by atoms with Crippen molar-refractivity contribution in [3.8, 4) is 0 Å². The molecule has 23 heavy (non-hydrogen) atoms. The normalized spacial score (nSPS) is 17.7. The van der Waals surface area contributed by atoms with E-state index < -0.39 is 0 Å². The van der Waals surface area contributed by atoms with E-state index in [1.54, 1.807) is 0 Å². The topological polar surface area (TPSA) is 61.4 Å². The van der Waals surface area contributed by atoms with Crippen molar-refractivity contribution in [2.75, 3.05) is 18.0 Å². The maximum absolute atomic E-state index is 12.1. The van der Waals surface area contributed by atoms with Gasteiger partial charge in [-0.05, 0) is 43.2 Å². The van der Waals surface area contributed by atoms with Gasteiger partial charge in [0.1, 0.15) is 0 Å². The molecule has 1 aromatic carbocycles. The van der Waals surface area contributed by atoms with Gasteiger partial charge in [-0.1, -0.05) is 31.0 Å². The minimum absolute atomic E-state index is 0.0794. The lowest BCUT2D eigenvalue weighted by Crippen LogP contribution is -2.47. The van der Waals surface area contributed by atoms with E-state index in [9.17, 15) is 9.59 Å². The molecule has 1 fully saturated rings. The molecule has 3 rings (SSSR count). The first-order chi connectivity index (χ1) is 11.2. The summed E-state index contributed by atoms with van der Waals surface area (Å²) < 4.78 is 0. The smallest absolute Gasteiger partial charge is 0.257 e. The molecule has 1 heterocycles. The maximum Gasteiger partial charge on any atom is 0.257 e. The number of fused-ring (bicyclic) bond motifs is 1. The summed E-state index contributed by atoms with van der Waals surface area (Å²) >= 11 is 0. The van der Waals surface area contributed by atoms with Crippen LogP contribution in [-0.2, 0) is 16.0 Å². The highest BCUT2D eigenvalue weighted by molar-refractivity contribution is 5.85. The van der Waals surface area contributed by atoms with Crippen LogP contribution in [0.15, 0.2) is 24.3 Å². The van der Waals surface area contributed by atoms with E-state index in [0.717, 1.165) is 37.9 Å². The van der Waals surface area contributed by atoms with Crippen molar-refractivity contribution in [1.29, 1.82) is 0 Å². The van der Waals surface area contributed by atoms with Crippen LogP contribution in [0.3, 0.4) is 0 Å². The molecule has 5 heteroatoms. The molecule has 0 unspecified atom stereocenters. The number of hydrogen-bond donors (Lipinski definition) is 2. The summed E-state index contributed by atoms with van der Waals surface area (Å²) in [5.74, 6) is 0.242. The molecule has 2 N–H and O–H groups in total. The van der Waals surface area contributed by atoms with Crippen molar-refractivity contribution in [3.63, 3.8) is 0 Å². The van der Waals surface area contributed by atoms with E-state index in [1.807, 2.05) is 12.1 Å². The monoisotopic (exact) mass is 315 g/mol. The summed E-state index contributed by atoms with van der Waals surface area (Å²) in [6.45, 7) is 1.15. The second-order valence-corrected chi connectivity index (χ2v) is 6.60. The summed E-state index contributed by atoms with van der Waals surface area (Å²) in [6.07, 6.45) is 7.34. The van der Waals surface area contributed by atoms with Gasteiger partial charge in [0.15, 0.2) is 0 Å². The fourth-order valence-electron chi connectivity index (χ4n) is 3.66. The highest BCUT2D eigenvalue weighted by Crippen LogP contribution is 2.27. The Morgan fingerprint density at radius 3 is 2.61 bits per heavy atom. The van der Waals surface area contributed by atoms with Crippen molar-refractivity contribution in [3.05, 3.63) is 29.8 Å². The number of nitrogens with one attached hydrogen (secondary N) is 2. The third-order valence-electron chi connectivity index (χ3n) is 4.83. The van der Waals surface area contributed by atoms with Crippen LogP contribution in [0.2, 0.25) is 0 Å². The molecular weight excluding hydrogens is 290 g/mol. The minimum atomic E-state index is -0.165. The zero-order valence-corrected chi connectivity index (χ0v) is 13.5. The van der Waals surface area contributed by atoms with Gasteiger partial charge < -0.3 is 4.90 Å². The van der Waals surface area contributed by atoms with Crippen molar-refractivity contribution >= 4 is 17.5 Å². The molecular formula is C18H25N3O2. The molecule has 0 atom stereocenters. The number of aryl methyl sites for hydroxylation is 1. The zero-order chi connectivity index (χ0) is 16.1. The number of amides is 2. The Morgan fingerprint density at radius 2 is 1.78 bits per heavy atom. The molecule has 0 aromatic heterocycles. The van der Waals surface area contributed by atoms with Crippen molar-refractivity contribution < 1.29 is 9.59 Å². The molecule has 1 saturated carbocycles. The van der Waals surface area contributed by atoms with Gasteiger partial charge in [0.05, 0.1) is 6.54 Å². The van der Waals surface area contributed by atoms with Crippen LogP contribution in [0.4, 0.5) is 5.69 Å². The molecule has 0 spiro atoms. The van der Waals surface area contributed by atoms with Gasteiger partial charge in [-0.3, -0.25) is 20.4 Å². The molecule has 0 saturated heterocycles. The molecule has 2 aliphatic rings. The quantitative estimate of drug-likeness (QED) is 0.837. The summed E-state index contributed by atoms with van der Waals surface area (Å²) in [5.41, 5.74) is 7.53. The van der Waals surface area contributed by atoms with E-state index >= 15 is 0 Å². The predicted molar refractivity (Wildman–Crippen MR) is 89.8 cm³/mol. The molecule has 124 valence electrons. The Hall–Kier alpha value is -2.04. The van der Waals surface area contributed by atoms with Crippen LogP contribution >= 0.6 is 0 Å². The van der Waals surface area contributed by atoms with E-state index in [-0.39, 0.29) is 18.4 Å². The van der Waals surface area contributed by atoms with Gasteiger partial charge in [0.25, 0.3) is 5.91 Å². The third-order valence-corrected chi connectivity index (χ3v) is 4.83. The molecule has 5 nitrogen and oxygen atoms in total. The fourth-order valence-corrected chi connectivity index (χ4v) is 3.66. The Balaban J connectivity index is 1.45. The summed E-state index contributed by atoms with van der Waals surface area (Å²) in [6, 6.07) is 8.20. The minimum Gasteiger partial charge on any atom is -0.362 e. The second-order valence-electron chi connectivity index (χ2n) is 6.60. The lowest BCUT2D eigenvalue weighted by Gasteiger charge is -2.30. The predicted octanol–water partition coefficient (Wildman–Crippen LogP) is 2.17. The summed E-state index contributed by atoms with van der Waals surface area (Å²) in [7, 11) is 0. The molecule has 2 amide bonds. The average Bonchev–Trinajstić information content (AvgIpc) is 3.06. The van der Waals surface area contributed by atoms with Crippen LogP contribution in [0.5, 0.6) is 0 Å². The highest BCUT2D eigenvalue weighted by Gasteiger charge is 2.20. The van der Waals surface area contributed by atoms with E-state index in [4.69, 9.17) is 0 Å². The number of rotatable bonds is 4. The number of carbonyl (C=O) groups excluding carboxylic acids is 2. The van der Waals surface area contributed by atoms with Crippen LogP contribution < -0.4 is 15.8 Å². The summed E-state index contributed by atoms with van der Waals surface area (Å²) in [4.78, 5) is 26.0. The summed E-state index contributed by atoms with van der Waals surface area (Å²) in [5, 5.41) is 0. The molecule has 1 aliphatic heterocycles. The van der Waals surface area contributed by atoms with Crippen molar-refractivity contribution in [2.45, 2.75) is 44.9 Å². The van der Waals surface area contributed by atoms with Crippen LogP contribution in [0, 0.1) is 5.92 Å². The molecule has 0 bridgehead atoms. The van der Waals surface area contributed by atoms with E-state index in [0.29, 0.717) is 12.3 Å². The lowest BCUT2D eigenvalue weighted by atomic mass is 10.0. The largest absolute Gasteiger partial charge is 0.362 e. The number of carbonyl (C=O) groups is 2. The van der Waals surface area contributed by atoms with Gasteiger partial charge in [0, 0.05) is 18.7 Å². The Morgan fingerprint density at radius 1 is 1.04 bits per heavy atom. The Labute approximate surface area is 137 Å². The lowest BCUT2D eigenvalue weighted by molar-refractivity contribution is -0.128. The number of hydrazine groups is 1. The maximum atomic E-state index is 12.1. The first-order valence-corrected chi connectivity index (χ1v) is 8.63. The van der Waals surface area contributed by atoms with E-state index in [1.165, 1.54) is 18.4 Å². The number of nitrogens with zero attached hydrogens (tertiary/aromatic N) is 1. The van der Waals surface area contributed by atoms with Gasteiger partial charge in [-0.2, -0.15) is 0 Å². The van der Waals surface area contributed by atoms with Crippen LogP contribution in [-0.4, -0.2) is 24.9 Å². The van der Waals surface area contributed by atoms with E-state index in [2.05, 4.69) is 27.9 Å². The Kier molecular flexibility index (Phi) is 5.16. The SMILES string of the molecule is O=C(CC1CCCC1)NNC(=O)CN1CCCc2ccccc21. The van der Waals surface area contributed by atoms with Gasteiger partial charge in [-0.15, -0.1) is 0 Å². The van der Waals surface area contributed by atoms with Crippen LogP contribution in [0.1, 0.15) is 44.1 Å². The average molecular weight is 315 g/mol. The number of hydrogen-bond acceptors (Lipinski definition) is 3. The number of benzene rings is 1. The molecule has 1 aliphatic carbocycles. The highest BCUT2D eigenvalue weighted by atomic mass is 16.2. The molecule has 1 aromatic rings. The van der Waals surface area contributed by atoms with Crippen molar-refractivity contribution in [2.24, 2.45) is 5.92 Å². The van der Waals surface area contributed by atoms with Gasteiger partial charge >= 0.3 is 0 Å². The molecule has 0 radical (unpaired) electrons.